The Morgan fingerprint density at radius 2 is 1.24 bits per heavy atom. The van der Waals surface area contributed by atoms with Crippen LogP contribution in [0.1, 0.15) is 98.3 Å². The van der Waals surface area contributed by atoms with Crippen LogP contribution in [0.2, 0.25) is 0 Å². The Balaban J connectivity index is 4.06. The zero-order valence-electron chi connectivity index (χ0n) is 21.5. The summed E-state index contributed by atoms with van der Waals surface area (Å²) < 4.78 is 19.3. The smallest absolute Gasteiger partial charge is 0.357 e. The molecule has 0 heterocycles. The molecule has 0 fully saturated rings. The highest BCUT2D eigenvalue weighted by Gasteiger charge is 2.51. The first-order valence-electron chi connectivity index (χ1n) is 12.9. The van der Waals surface area contributed by atoms with E-state index in [4.69, 9.17) is 19.0 Å². The van der Waals surface area contributed by atoms with Crippen LogP contribution < -0.4 is 16.4 Å². The standard InChI is InChI=1S/C23H49N4O5Si/c1-5-21-27(33(30-6-2,31-7-3)32-8-4)23(29)26-20-18-16-14-12-10-9-11-13-15-17-19-25-22(24)28/h5-21H2,1-4H3,(H3,24,25,28). The number of primary amides is 1. The Labute approximate surface area is 202 Å². The molecule has 3 N–H and O–H groups in total. The van der Waals surface area contributed by atoms with Gasteiger partial charge in [0, 0.05) is 39.5 Å². The number of carbonyl (C=O) groups is 2. The molecule has 33 heavy (non-hydrogen) atoms. The van der Waals surface area contributed by atoms with Gasteiger partial charge >= 0.3 is 21.0 Å². The fraction of sp³-hybridized carbons (Fsp3) is 0.913. The van der Waals surface area contributed by atoms with Crippen molar-refractivity contribution in [2.75, 3.05) is 39.5 Å². The number of urea groups is 2. The van der Waals surface area contributed by atoms with E-state index in [1.54, 1.807) is 4.57 Å². The van der Waals surface area contributed by atoms with Gasteiger partial charge in [-0.3, -0.25) is 4.57 Å². The van der Waals surface area contributed by atoms with Crippen molar-refractivity contribution < 1.29 is 22.9 Å². The predicted octanol–water partition coefficient (Wildman–Crippen LogP) is 4.54. The molecule has 0 saturated carbocycles. The lowest BCUT2D eigenvalue weighted by Crippen LogP contribution is -2.64. The lowest BCUT2D eigenvalue weighted by molar-refractivity contribution is 0.0269. The van der Waals surface area contributed by atoms with Gasteiger partial charge in [0.1, 0.15) is 0 Å². The molecule has 0 aromatic rings. The predicted molar refractivity (Wildman–Crippen MR) is 134 cm³/mol. The summed E-state index contributed by atoms with van der Waals surface area (Å²) in [6.07, 6.45) is 12.2. The number of nitrogens with one attached hydrogen (secondary N) is 1. The van der Waals surface area contributed by atoms with Gasteiger partial charge in [0.2, 0.25) is 0 Å². The van der Waals surface area contributed by atoms with E-state index in [-0.39, 0.29) is 6.03 Å². The normalized spacial score (nSPS) is 11.4. The Morgan fingerprint density at radius 3 is 1.67 bits per heavy atom. The van der Waals surface area contributed by atoms with Crippen LogP contribution in [0.3, 0.4) is 0 Å². The lowest BCUT2D eigenvalue weighted by atomic mass is 10.1. The van der Waals surface area contributed by atoms with Gasteiger partial charge in [0.25, 0.3) is 0 Å². The highest BCUT2D eigenvalue weighted by Crippen LogP contribution is 2.18. The highest BCUT2D eigenvalue weighted by molar-refractivity contribution is 6.60. The van der Waals surface area contributed by atoms with Crippen LogP contribution in [-0.2, 0) is 13.3 Å². The third-order valence-corrected chi connectivity index (χ3v) is 8.16. The molecular weight excluding hydrogens is 440 g/mol. The van der Waals surface area contributed by atoms with E-state index in [1.807, 2.05) is 27.7 Å². The molecule has 1 radical (unpaired) electrons. The quantitative estimate of drug-likeness (QED) is 0.171. The van der Waals surface area contributed by atoms with E-state index in [0.29, 0.717) is 39.5 Å². The van der Waals surface area contributed by atoms with Gasteiger partial charge in [-0.05, 0) is 40.0 Å². The second-order valence-corrected chi connectivity index (χ2v) is 10.4. The topological polar surface area (TPSA) is 117 Å². The number of nitrogens with two attached hydrogens (primary N) is 1. The maximum absolute atomic E-state index is 12.9. The largest absolute Gasteiger partial charge is 0.637 e. The zero-order chi connectivity index (χ0) is 24.8. The summed E-state index contributed by atoms with van der Waals surface area (Å²) in [5, 5.41) is 6.91. The van der Waals surface area contributed by atoms with Gasteiger partial charge in [0.15, 0.2) is 0 Å². The van der Waals surface area contributed by atoms with Gasteiger partial charge in [-0.2, -0.15) is 0 Å². The van der Waals surface area contributed by atoms with Crippen molar-refractivity contribution in [3.8, 4) is 0 Å². The van der Waals surface area contributed by atoms with Crippen molar-refractivity contribution >= 4 is 21.0 Å². The summed E-state index contributed by atoms with van der Waals surface area (Å²) in [5.74, 6) is 0. The van der Waals surface area contributed by atoms with Crippen LogP contribution >= 0.6 is 0 Å². The summed E-state index contributed by atoms with van der Waals surface area (Å²) in [7, 11) is -3.25. The van der Waals surface area contributed by atoms with Crippen LogP contribution in [-0.4, -0.2) is 65.0 Å². The number of hydrogen-bond acceptors (Lipinski definition) is 5. The van der Waals surface area contributed by atoms with Crippen molar-refractivity contribution in [1.82, 2.24) is 15.2 Å². The molecular formula is C23H49N4O5Si. The SMILES string of the molecule is CCCN(C(=O)[N]CCCCCCCCCCCCNC(N)=O)[Si](OCC)(OCC)OCC. The first-order chi connectivity index (χ1) is 16.0. The summed E-state index contributed by atoms with van der Waals surface area (Å²) in [6, 6.07) is -0.730. The van der Waals surface area contributed by atoms with Gasteiger partial charge in [-0.1, -0.05) is 58.3 Å². The van der Waals surface area contributed by atoms with Gasteiger partial charge in [-0.25, -0.2) is 14.9 Å². The van der Waals surface area contributed by atoms with Crippen molar-refractivity contribution in [2.45, 2.75) is 98.3 Å². The first kappa shape index (κ1) is 31.6. The minimum absolute atomic E-state index is 0.287. The molecule has 10 heteroatoms. The third kappa shape index (κ3) is 15.2. The average molecular weight is 490 g/mol. The summed E-state index contributed by atoms with van der Waals surface area (Å²) in [5.41, 5.74) is 5.03. The van der Waals surface area contributed by atoms with Gasteiger partial charge in [-0.15, -0.1) is 0 Å². The maximum atomic E-state index is 12.9. The molecule has 4 amide bonds. The first-order valence-corrected chi connectivity index (χ1v) is 14.6. The molecule has 0 aromatic carbocycles. The monoisotopic (exact) mass is 489 g/mol. The second kappa shape index (κ2) is 21.2. The average Bonchev–Trinajstić information content (AvgIpc) is 2.77. The molecule has 0 aromatic heterocycles. The summed E-state index contributed by atoms with van der Waals surface area (Å²) in [4.78, 5) is 23.4. The number of hydrogen-bond donors (Lipinski definition) is 2. The van der Waals surface area contributed by atoms with Crippen molar-refractivity contribution in [1.29, 1.82) is 0 Å². The van der Waals surface area contributed by atoms with Crippen LogP contribution in [0.5, 0.6) is 0 Å². The van der Waals surface area contributed by atoms with Crippen LogP contribution in [0.15, 0.2) is 0 Å². The minimum Gasteiger partial charge on any atom is -0.357 e. The molecule has 0 bridgehead atoms. The van der Waals surface area contributed by atoms with E-state index < -0.39 is 15.0 Å². The van der Waals surface area contributed by atoms with Crippen LogP contribution in [0.4, 0.5) is 9.59 Å². The minimum atomic E-state index is -3.25. The molecule has 0 atom stereocenters. The summed E-state index contributed by atoms with van der Waals surface area (Å²) in [6.45, 7) is 10.6. The number of nitrogens with zero attached hydrogens (tertiary/aromatic N) is 2. The zero-order valence-corrected chi connectivity index (χ0v) is 22.5. The molecule has 195 valence electrons. The second-order valence-electron chi connectivity index (χ2n) is 7.97. The van der Waals surface area contributed by atoms with Gasteiger partial charge in [0.05, 0.1) is 0 Å². The molecule has 0 rings (SSSR count). The number of carbonyl (C=O) groups excluding carboxylic acids is 2. The van der Waals surface area contributed by atoms with E-state index in [1.165, 1.54) is 38.5 Å². The molecule has 0 aliphatic rings. The number of rotatable bonds is 22. The number of amides is 4. The Hall–Kier alpha value is -1.36. The van der Waals surface area contributed by atoms with E-state index >= 15 is 0 Å². The van der Waals surface area contributed by atoms with Crippen molar-refractivity contribution in [3.63, 3.8) is 0 Å². The molecule has 0 aliphatic carbocycles. The number of unbranched alkanes of at least 4 members (excludes halogenated alkanes) is 9. The van der Waals surface area contributed by atoms with Crippen LogP contribution in [0, 0.1) is 0 Å². The molecule has 0 unspecified atom stereocenters. The fourth-order valence-corrected chi connectivity index (χ4v) is 6.22. The van der Waals surface area contributed by atoms with Crippen molar-refractivity contribution in [2.24, 2.45) is 5.73 Å². The molecule has 0 aliphatic heterocycles. The molecule has 0 spiro atoms. The molecule has 9 nitrogen and oxygen atoms in total. The maximum Gasteiger partial charge on any atom is 0.637 e. The Morgan fingerprint density at radius 1 is 0.788 bits per heavy atom. The van der Waals surface area contributed by atoms with E-state index in [2.05, 4.69) is 10.6 Å². The Bertz CT molecular complexity index is 482. The van der Waals surface area contributed by atoms with Crippen LogP contribution in [0.25, 0.3) is 0 Å². The van der Waals surface area contributed by atoms with Gasteiger partial charge < -0.3 is 24.3 Å². The third-order valence-electron chi connectivity index (χ3n) is 5.12. The van der Waals surface area contributed by atoms with E-state index in [9.17, 15) is 9.59 Å². The lowest BCUT2D eigenvalue weighted by Gasteiger charge is -2.36. The highest BCUT2D eigenvalue weighted by atomic mass is 28.4. The Kier molecular flexibility index (Phi) is 20.3. The fourth-order valence-electron chi connectivity index (χ4n) is 3.60. The van der Waals surface area contributed by atoms with Crippen molar-refractivity contribution in [3.05, 3.63) is 0 Å². The van der Waals surface area contributed by atoms with E-state index in [0.717, 1.165) is 32.1 Å². The molecule has 0 saturated heterocycles. The summed E-state index contributed by atoms with van der Waals surface area (Å²) >= 11 is 0.